The fourth-order valence-corrected chi connectivity index (χ4v) is 2.05. The molecular formula is C19H27NO. The van der Waals surface area contributed by atoms with Crippen molar-refractivity contribution in [2.24, 2.45) is 0 Å². The number of amides is 1. The lowest BCUT2D eigenvalue weighted by Gasteiger charge is -2.04. The number of rotatable bonds is 9. The molecule has 0 N–H and O–H groups in total. The molecule has 2 heteroatoms. The molecule has 1 aromatic carbocycles. The van der Waals surface area contributed by atoms with Gasteiger partial charge in [0.25, 0.3) is 0 Å². The van der Waals surface area contributed by atoms with Crippen LogP contribution in [0.3, 0.4) is 0 Å². The van der Waals surface area contributed by atoms with Crippen LogP contribution < -0.4 is 0 Å². The second kappa shape index (κ2) is 10.9. The molecule has 0 aliphatic carbocycles. The standard InChI is InChI=1S/C19H27NO/c1-20(2)19(21)17-13-8-6-4-3-5-7-10-14-18-15-11-9-12-16-18/h6,8-9,11-13,15-17H,3-5,7,10,14H2,1-2H3. The number of hydrogen-bond acceptors (Lipinski definition) is 1. The second-order valence-corrected chi connectivity index (χ2v) is 5.46. The van der Waals surface area contributed by atoms with Crippen LogP contribution in [-0.4, -0.2) is 24.9 Å². The minimum Gasteiger partial charge on any atom is -0.345 e. The molecule has 0 unspecified atom stereocenters. The largest absolute Gasteiger partial charge is 0.345 e. The zero-order valence-electron chi connectivity index (χ0n) is 13.3. The molecule has 0 fully saturated rings. The van der Waals surface area contributed by atoms with E-state index < -0.39 is 0 Å². The zero-order valence-corrected chi connectivity index (χ0v) is 13.3. The van der Waals surface area contributed by atoms with Crippen LogP contribution in [0, 0.1) is 0 Å². The molecule has 1 amide bonds. The fraction of sp³-hybridized carbons (Fsp3) is 0.421. The first-order chi connectivity index (χ1) is 10.2. The molecule has 0 heterocycles. The Morgan fingerprint density at radius 1 is 1.00 bits per heavy atom. The Morgan fingerprint density at radius 3 is 2.43 bits per heavy atom. The van der Waals surface area contributed by atoms with E-state index in [9.17, 15) is 4.79 Å². The third kappa shape index (κ3) is 8.85. The predicted octanol–water partition coefficient (Wildman–Crippen LogP) is 4.38. The normalized spacial score (nSPS) is 11.3. The smallest absolute Gasteiger partial charge is 0.246 e. The van der Waals surface area contributed by atoms with Gasteiger partial charge in [0.15, 0.2) is 0 Å². The number of nitrogens with zero attached hydrogens (tertiary/aromatic N) is 1. The second-order valence-electron chi connectivity index (χ2n) is 5.46. The maximum atomic E-state index is 11.3. The predicted molar refractivity (Wildman–Crippen MR) is 90.2 cm³/mol. The van der Waals surface area contributed by atoms with Gasteiger partial charge in [0.2, 0.25) is 5.91 Å². The summed E-state index contributed by atoms with van der Waals surface area (Å²) < 4.78 is 0. The fourth-order valence-electron chi connectivity index (χ4n) is 2.05. The summed E-state index contributed by atoms with van der Waals surface area (Å²) in [7, 11) is 3.51. The van der Waals surface area contributed by atoms with Crippen molar-refractivity contribution >= 4 is 5.91 Å². The van der Waals surface area contributed by atoms with Crippen LogP contribution in [0.2, 0.25) is 0 Å². The monoisotopic (exact) mass is 285 g/mol. The van der Waals surface area contributed by atoms with Gasteiger partial charge in [-0.15, -0.1) is 0 Å². The first-order valence-electron chi connectivity index (χ1n) is 7.78. The number of hydrogen-bond donors (Lipinski definition) is 0. The molecule has 0 saturated heterocycles. The van der Waals surface area contributed by atoms with Gasteiger partial charge in [-0.2, -0.15) is 0 Å². The Morgan fingerprint density at radius 2 is 1.71 bits per heavy atom. The summed E-state index contributed by atoms with van der Waals surface area (Å²) in [6.07, 6.45) is 14.8. The summed E-state index contributed by atoms with van der Waals surface area (Å²) in [5.74, 6) is 0.0283. The number of unbranched alkanes of at least 4 members (excludes halogenated alkanes) is 4. The van der Waals surface area contributed by atoms with Crippen molar-refractivity contribution in [3.05, 3.63) is 60.2 Å². The molecular weight excluding hydrogens is 258 g/mol. The van der Waals surface area contributed by atoms with Crippen LogP contribution in [0.5, 0.6) is 0 Å². The van der Waals surface area contributed by atoms with E-state index in [2.05, 4.69) is 36.4 Å². The van der Waals surface area contributed by atoms with Gasteiger partial charge in [0.1, 0.15) is 0 Å². The van der Waals surface area contributed by atoms with Crippen LogP contribution in [0.4, 0.5) is 0 Å². The van der Waals surface area contributed by atoms with E-state index >= 15 is 0 Å². The number of likely N-dealkylation sites (N-methyl/N-ethyl adjacent to an activating group) is 1. The van der Waals surface area contributed by atoms with E-state index in [1.165, 1.54) is 37.7 Å². The zero-order chi connectivity index (χ0) is 15.3. The molecule has 0 bridgehead atoms. The van der Waals surface area contributed by atoms with Crippen molar-refractivity contribution in [3.63, 3.8) is 0 Å². The third-order valence-electron chi connectivity index (χ3n) is 3.36. The molecule has 0 atom stereocenters. The van der Waals surface area contributed by atoms with Gasteiger partial charge in [-0.05, 0) is 31.2 Å². The summed E-state index contributed by atoms with van der Waals surface area (Å²) in [4.78, 5) is 12.8. The van der Waals surface area contributed by atoms with Crippen molar-refractivity contribution in [3.8, 4) is 0 Å². The van der Waals surface area contributed by atoms with E-state index in [1.807, 2.05) is 12.2 Å². The third-order valence-corrected chi connectivity index (χ3v) is 3.36. The highest BCUT2D eigenvalue weighted by atomic mass is 16.2. The van der Waals surface area contributed by atoms with Crippen molar-refractivity contribution in [1.29, 1.82) is 0 Å². The maximum absolute atomic E-state index is 11.3. The number of carbonyl (C=O) groups excluding carboxylic acids is 1. The molecule has 1 rings (SSSR count). The Balaban J connectivity index is 1.98. The SMILES string of the molecule is CN(C)C(=O)C=CC=CCCCCCCc1ccccc1. The van der Waals surface area contributed by atoms with Crippen molar-refractivity contribution in [1.82, 2.24) is 4.90 Å². The lowest BCUT2D eigenvalue weighted by Crippen LogP contribution is -2.18. The Hall–Kier alpha value is -1.83. The lowest BCUT2D eigenvalue weighted by molar-refractivity contribution is -0.123. The van der Waals surface area contributed by atoms with E-state index in [-0.39, 0.29) is 5.91 Å². The van der Waals surface area contributed by atoms with Crippen LogP contribution in [0.1, 0.15) is 37.7 Å². The van der Waals surface area contributed by atoms with Crippen LogP contribution >= 0.6 is 0 Å². The molecule has 0 aliphatic heterocycles. The van der Waals surface area contributed by atoms with Crippen LogP contribution in [-0.2, 0) is 11.2 Å². The number of benzene rings is 1. The number of aryl methyl sites for hydroxylation is 1. The number of allylic oxidation sites excluding steroid dienone is 3. The summed E-state index contributed by atoms with van der Waals surface area (Å²) in [6, 6.07) is 10.7. The van der Waals surface area contributed by atoms with Crippen molar-refractivity contribution in [2.75, 3.05) is 14.1 Å². The highest BCUT2D eigenvalue weighted by molar-refractivity contribution is 5.87. The molecule has 1 aromatic rings. The summed E-state index contributed by atoms with van der Waals surface area (Å²) in [5, 5.41) is 0. The molecule has 0 spiro atoms. The van der Waals surface area contributed by atoms with Gasteiger partial charge in [0.05, 0.1) is 0 Å². The van der Waals surface area contributed by atoms with Crippen molar-refractivity contribution < 1.29 is 4.79 Å². The van der Waals surface area contributed by atoms with Crippen LogP contribution in [0.25, 0.3) is 0 Å². The molecule has 0 saturated carbocycles. The quantitative estimate of drug-likeness (QED) is 0.374. The van der Waals surface area contributed by atoms with Gasteiger partial charge >= 0.3 is 0 Å². The first-order valence-corrected chi connectivity index (χ1v) is 7.78. The average Bonchev–Trinajstić information content (AvgIpc) is 2.49. The van der Waals surface area contributed by atoms with Gasteiger partial charge in [-0.25, -0.2) is 0 Å². The van der Waals surface area contributed by atoms with E-state index in [0.29, 0.717) is 0 Å². The van der Waals surface area contributed by atoms with E-state index in [4.69, 9.17) is 0 Å². The highest BCUT2D eigenvalue weighted by Gasteiger charge is 1.94. The van der Waals surface area contributed by atoms with Gasteiger partial charge in [-0.1, -0.05) is 61.4 Å². The Bertz CT molecular complexity index is 446. The molecule has 114 valence electrons. The molecule has 21 heavy (non-hydrogen) atoms. The summed E-state index contributed by atoms with van der Waals surface area (Å²) in [5.41, 5.74) is 1.44. The molecule has 0 aliphatic rings. The molecule has 0 radical (unpaired) electrons. The summed E-state index contributed by atoms with van der Waals surface area (Å²) >= 11 is 0. The van der Waals surface area contributed by atoms with E-state index in [1.54, 1.807) is 25.1 Å². The average molecular weight is 285 g/mol. The number of carbonyl (C=O) groups is 1. The Kier molecular flexibility index (Phi) is 8.94. The van der Waals surface area contributed by atoms with Crippen molar-refractivity contribution in [2.45, 2.75) is 38.5 Å². The maximum Gasteiger partial charge on any atom is 0.246 e. The minimum atomic E-state index is 0.0283. The summed E-state index contributed by atoms with van der Waals surface area (Å²) in [6.45, 7) is 0. The first kappa shape index (κ1) is 17.2. The Labute approximate surface area is 129 Å². The molecule has 0 aromatic heterocycles. The lowest BCUT2D eigenvalue weighted by atomic mass is 10.1. The van der Waals surface area contributed by atoms with Crippen LogP contribution in [0.15, 0.2) is 54.6 Å². The highest BCUT2D eigenvalue weighted by Crippen LogP contribution is 2.09. The van der Waals surface area contributed by atoms with Gasteiger partial charge in [0, 0.05) is 20.2 Å². The van der Waals surface area contributed by atoms with E-state index in [0.717, 1.165) is 6.42 Å². The minimum absolute atomic E-state index is 0.0283. The topological polar surface area (TPSA) is 20.3 Å². The molecule has 2 nitrogen and oxygen atoms in total. The van der Waals surface area contributed by atoms with Gasteiger partial charge in [-0.3, -0.25) is 4.79 Å². The van der Waals surface area contributed by atoms with Gasteiger partial charge < -0.3 is 4.90 Å².